The third-order valence-electron chi connectivity index (χ3n) is 5.35. The van der Waals surface area contributed by atoms with Crippen LogP contribution in [0.1, 0.15) is 18.4 Å². The van der Waals surface area contributed by atoms with Crippen molar-refractivity contribution in [2.45, 2.75) is 31.9 Å². The number of ether oxygens (including phenoxy) is 2. The van der Waals surface area contributed by atoms with Gasteiger partial charge in [-0.2, -0.15) is 5.10 Å². The minimum absolute atomic E-state index is 0.0281. The number of carbonyl (C=O) groups excluding carboxylic acids is 1. The molecule has 2 heterocycles. The molecule has 1 aliphatic carbocycles. The van der Waals surface area contributed by atoms with Gasteiger partial charge in [0.25, 0.3) is 0 Å². The van der Waals surface area contributed by atoms with Crippen molar-refractivity contribution in [3.05, 3.63) is 48.3 Å². The van der Waals surface area contributed by atoms with E-state index in [0.29, 0.717) is 26.2 Å². The molecule has 1 aliphatic heterocycles. The van der Waals surface area contributed by atoms with Crippen molar-refractivity contribution in [2.24, 2.45) is 5.41 Å². The number of amides is 1. The highest BCUT2D eigenvalue weighted by atomic mass is 16.5. The van der Waals surface area contributed by atoms with Gasteiger partial charge in [0.05, 0.1) is 31.8 Å². The number of carbonyl (C=O) groups is 1. The molecule has 1 aromatic heterocycles. The SMILES string of the molecule is COc1cccc(C[C@H]2CN(C(=O)C3(Cn4cccn4)CC3)CCO2)c1. The Hall–Kier alpha value is -2.34. The summed E-state index contributed by atoms with van der Waals surface area (Å²) in [5.41, 5.74) is 0.908. The molecule has 2 fully saturated rings. The van der Waals surface area contributed by atoms with Crippen LogP contribution >= 0.6 is 0 Å². The minimum atomic E-state index is -0.260. The van der Waals surface area contributed by atoms with Gasteiger partial charge in [-0.1, -0.05) is 12.1 Å². The van der Waals surface area contributed by atoms with Crippen LogP contribution in [0.5, 0.6) is 5.75 Å². The summed E-state index contributed by atoms with van der Waals surface area (Å²) in [7, 11) is 1.67. The van der Waals surface area contributed by atoms with Gasteiger partial charge in [-0.05, 0) is 36.6 Å². The molecule has 0 N–H and O–H groups in total. The second-order valence-electron chi connectivity index (χ2n) is 7.28. The number of morpholine rings is 1. The first-order valence-electron chi connectivity index (χ1n) is 9.20. The van der Waals surface area contributed by atoms with Crippen LogP contribution in [0.25, 0.3) is 0 Å². The molecule has 26 heavy (non-hydrogen) atoms. The zero-order valence-corrected chi connectivity index (χ0v) is 15.1. The first kappa shape index (κ1) is 17.1. The molecule has 6 heteroatoms. The Morgan fingerprint density at radius 1 is 1.38 bits per heavy atom. The Morgan fingerprint density at radius 2 is 2.27 bits per heavy atom. The second-order valence-corrected chi connectivity index (χ2v) is 7.28. The van der Waals surface area contributed by atoms with Gasteiger partial charge in [0.2, 0.25) is 5.91 Å². The maximum Gasteiger partial charge on any atom is 0.230 e. The van der Waals surface area contributed by atoms with Gasteiger partial charge >= 0.3 is 0 Å². The van der Waals surface area contributed by atoms with E-state index in [-0.39, 0.29) is 17.4 Å². The molecule has 1 atom stereocenters. The fourth-order valence-corrected chi connectivity index (χ4v) is 3.72. The predicted molar refractivity (Wildman–Crippen MR) is 96.9 cm³/mol. The van der Waals surface area contributed by atoms with E-state index < -0.39 is 0 Å². The standard InChI is InChI=1S/C20H25N3O3/c1-25-17-5-2-4-16(12-17)13-18-14-22(10-11-26-18)19(24)20(6-7-20)15-23-9-3-8-21-23/h2-5,8-9,12,18H,6-7,10-11,13-15H2,1H3/t18-/m0/s1. The van der Waals surface area contributed by atoms with Crippen molar-refractivity contribution < 1.29 is 14.3 Å². The topological polar surface area (TPSA) is 56.6 Å². The highest BCUT2D eigenvalue weighted by molar-refractivity contribution is 5.85. The molecule has 1 aromatic carbocycles. The third-order valence-corrected chi connectivity index (χ3v) is 5.35. The van der Waals surface area contributed by atoms with Crippen molar-refractivity contribution in [1.29, 1.82) is 0 Å². The van der Waals surface area contributed by atoms with Crippen LogP contribution in [0.4, 0.5) is 0 Å². The summed E-state index contributed by atoms with van der Waals surface area (Å²) < 4.78 is 13.1. The summed E-state index contributed by atoms with van der Waals surface area (Å²) in [5, 5.41) is 4.27. The van der Waals surface area contributed by atoms with Crippen LogP contribution in [0.3, 0.4) is 0 Å². The smallest absolute Gasteiger partial charge is 0.230 e. The molecule has 0 radical (unpaired) electrons. The Morgan fingerprint density at radius 3 is 3.00 bits per heavy atom. The summed E-state index contributed by atoms with van der Waals surface area (Å²) in [6.07, 6.45) is 6.40. The number of rotatable bonds is 6. The van der Waals surface area contributed by atoms with Crippen LogP contribution in [-0.2, 0) is 22.5 Å². The number of benzene rings is 1. The van der Waals surface area contributed by atoms with E-state index in [1.807, 2.05) is 40.0 Å². The largest absolute Gasteiger partial charge is 0.497 e. The molecule has 1 saturated carbocycles. The van der Waals surface area contributed by atoms with Gasteiger partial charge in [-0.15, -0.1) is 0 Å². The highest BCUT2D eigenvalue weighted by Gasteiger charge is 2.52. The summed E-state index contributed by atoms with van der Waals surface area (Å²) in [6.45, 7) is 2.60. The van der Waals surface area contributed by atoms with Crippen molar-refractivity contribution in [2.75, 3.05) is 26.8 Å². The van der Waals surface area contributed by atoms with E-state index in [4.69, 9.17) is 9.47 Å². The molecular formula is C20H25N3O3. The molecular weight excluding hydrogens is 330 g/mol. The van der Waals surface area contributed by atoms with Gasteiger partial charge in [-0.25, -0.2) is 0 Å². The summed E-state index contributed by atoms with van der Waals surface area (Å²) in [4.78, 5) is 15.1. The Labute approximate surface area is 153 Å². The quantitative estimate of drug-likeness (QED) is 0.797. The lowest BCUT2D eigenvalue weighted by atomic mass is 10.0. The number of aromatic nitrogens is 2. The van der Waals surface area contributed by atoms with E-state index in [2.05, 4.69) is 11.2 Å². The lowest BCUT2D eigenvalue weighted by Crippen LogP contribution is -2.49. The lowest BCUT2D eigenvalue weighted by Gasteiger charge is -2.35. The Bertz CT molecular complexity index is 755. The third kappa shape index (κ3) is 3.60. The normalized spacial score (nSPS) is 21.4. The Kier molecular flexibility index (Phi) is 4.68. The number of methoxy groups -OCH3 is 1. The average molecular weight is 355 g/mol. The predicted octanol–water partition coefficient (Wildman–Crippen LogP) is 2.14. The average Bonchev–Trinajstić information content (AvgIpc) is 3.27. The van der Waals surface area contributed by atoms with E-state index in [1.165, 1.54) is 5.56 Å². The van der Waals surface area contributed by atoms with Crippen molar-refractivity contribution in [3.8, 4) is 5.75 Å². The first-order valence-corrected chi connectivity index (χ1v) is 9.20. The molecule has 2 aliphatic rings. The number of hydrogen-bond donors (Lipinski definition) is 0. The van der Waals surface area contributed by atoms with Gasteiger partial charge in [0, 0.05) is 31.9 Å². The second kappa shape index (κ2) is 7.11. The van der Waals surface area contributed by atoms with Crippen LogP contribution in [0.2, 0.25) is 0 Å². The van der Waals surface area contributed by atoms with Crippen molar-refractivity contribution in [1.82, 2.24) is 14.7 Å². The van der Waals surface area contributed by atoms with Crippen LogP contribution in [-0.4, -0.2) is 53.5 Å². The van der Waals surface area contributed by atoms with Crippen LogP contribution < -0.4 is 4.74 Å². The zero-order valence-electron chi connectivity index (χ0n) is 15.1. The fourth-order valence-electron chi connectivity index (χ4n) is 3.72. The maximum atomic E-state index is 13.1. The minimum Gasteiger partial charge on any atom is -0.497 e. The van der Waals surface area contributed by atoms with E-state index in [0.717, 1.165) is 25.0 Å². The highest BCUT2D eigenvalue weighted by Crippen LogP contribution is 2.48. The summed E-state index contributed by atoms with van der Waals surface area (Å²) in [6, 6.07) is 9.94. The fraction of sp³-hybridized carbons (Fsp3) is 0.500. The van der Waals surface area contributed by atoms with E-state index in [9.17, 15) is 4.79 Å². The van der Waals surface area contributed by atoms with E-state index in [1.54, 1.807) is 13.3 Å². The van der Waals surface area contributed by atoms with Gasteiger partial charge in [0.1, 0.15) is 5.75 Å². The van der Waals surface area contributed by atoms with Crippen LogP contribution in [0.15, 0.2) is 42.7 Å². The first-order chi connectivity index (χ1) is 12.7. The van der Waals surface area contributed by atoms with Gasteiger partial charge in [0.15, 0.2) is 0 Å². The molecule has 138 valence electrons. The number of nitrogens with zero attached hydrogens (tertiary/aromatic N) is 3. The summed E-state index contributed by atoms with van der Waals surface area (Å²) in [5.74, 6) is 1.11. The van der Waals surface area contributed by atoms with Crippen molar-refractivity contribution in [3.63, 3.8) is 0 Å². The van der Waals surface area contributed by atoms with E-state index >= 15 is 0 Å². The lowest BCUT2D eigenvalue weighted by molar-refractivity contribution is -0.145. The number of hydrogen-bond acceptors (Lipinski definition) is 4. The van der Waals surface area contributed by atoms with Gasteiger partial charge < -0.3 is 14.4 Å². The molecule has 1 saturated heterocycles. The van der Waals surface area contributed by atoms with Crippen molar-refractivity contribution >= 4 is 5.91 Å². The summed E-state index contributed by atoms with van der Waals surface area (Å²) >= 11 is 0. The van der Waals surface area contributed by atoms with Crippen LogP contribution in [0, 0.1) is 5.41 Å². The maximum absolute atomic E-state index is 13.1. The molecule has 0 spiro atoms. The molecule has 0 unspecified atom stereocenters. The monoisotopic (exact) mass is 355 g/mol. The van der Waals surface area contributed by atoms with Gasteiger partial charge in [-0.3, -0.25) is 9.48 Å². The molecule has 2 aromatic rings. The zero-order chi connectivity index (χ0) is 18.0. The molecule has 0 bridgehead atoms. The molecule has 1 amide bonds. The molecule has 4 rings (SSSR count). The molecule has 6 nitrogen and oxygen atoms in total. The Balaban J connectivity index is 1.39.